The lowest BCUT2D eigenvalue weighted by Gasteiger charge is -2.25. The van der Waals surface area contributed by atoms with Gasteiger partial charge in [-0.1, -0.05) is 26.8 Å². The third-order valence-corrected chi connectivity index (χ3v) is 5.05. The minimum Gasteiger partial charge on any atom is -0.461 e. The molecule has 1 aromatic rings. The maximum atomic E-state index is 13.1. The van der Waals surface area contributed by atoms with Gasteiger partial charge in [0, 0.05) is 30.3 Å². The van der Waals surface area contributed by atoms with Crippen LogP contribution in [0, 0.1) is 5.92 Å². The molecule has 5 amide bonds. The summed E-state index contributed by atoms with van der Waals surface area (Å²) >= 11 is 0. The molecule has 0 unspecified atom stereocenters. The van der Waals surface area contributed by atoms with Crippen molar-refractivity contribution in [2.45, 2.75) is 59.2 Å². The zero-order chi connectivity index (χ0) is 26.5. The lowest BCUT2D eigenvalue weighted by atomic mass is 10.0. The van der Waals surface area contributed by atoms with E-state index in [1.165, 1.54) is 25.1 Å². The highest BCUT2D eigenvalue weighted by Crippen LogP contribution is 2.18. The maximum Gasteiger partial charge on any atom is 0.312 e. The van der Waals surface area contributed by atoms with Crippen LogP contribution in [0.1, 0.15) is 56.5 Å². The van der Waals surface area contributed by atoms with Gasteiger partial charge in [0.1, 0.15) is 12.6 Å². The van der Waals surface area contributed by atoms with E-state index in [-0.39, 0.29) is 42.6 Å². The minimum absolute atomic E-state index is 0.0157. The summed E-state index contributed by atoms with van der Waals surface area (Å²) in [5.41, 5.74) is 11.3. The van der Waals surface area contributed by atoms with Gasteiger partial charge in [-0.3, -0.25) is 19.2 Å². The SMILES string of the molecule is CCN[C@@H](C(=O)N[C@@H](CCCNC(N)=O)C(=O)Nc1ccc(COC(C)=O)c(C(N)=O)c1)C(C)C. The van der Waals surface area contributed by atoms with Gasteiger partial charge in [-0.2, -0.15) is 0 Å². The van der Waals surface area contributed by atoms with Crippen LogP contribution in [-0.4, -0.2) is 54.9 Å². The van der Waals surface area contributed by atoms with Gasteiger partial charge in [0.2, 0.25) is 17.7 Å². The summed E-state index contributed by atoms with van der Waals surface area (Å²) in [7, 11) is 0. The van der Waals surface area contributed by atoms with E-state index in [1.807, 2.05) is 20.8 Å². The Balaban J connectivity index is 3.05. The highest BCUT2D eigenvalue weighted by molar-refractivity contribution is 6.00. The Morgan fingerprint density at radius 3 is 2.29 bits per heavy atom. The van der Waals surface area contributed by atoms with Crippen LogP contribution in [0.3, 0.4) is 0 Å². The second kappa shape index (κ2) is 14.6. The topological polar surface area (TPSA) is 195 Å². The second-order valence-electron chi connectivity index (χ2n) is 8.28. The van der Waals surface area contributed by atoms with Gasteiger partial charge in [0.15, 0.2) is 0 Å². The largest absolute Gasteiger partial charge is 0.461 e. The fraction of sp³-hybridized carbons (Fsp3) is 0.522. The van der Waals surface area contributed by atoms with Crippen LogP contribution in [0.2, 0.25) is 0 Å². The molecule has 0 spiro atoms. The first-order valence-corrected chi connectivity index (χ1v) is 11.4. The number of nitrogens with one attached hydrogen (secondary N) is 4. The molecule has 1 aromatic carbocycles. The van der Waals surface area contributed by atoms with Crippen molar-refractivity contribution in [2.24, 2.45) is 17.4 Å². The molecule has 0 aliphatic heterocycles. The third-order valence-electron chi connectivity index (χ3n) is 5.05. The molecule has 0 heterocycles. The van der Waals surface area contributed by atoms with Gasteiger partial charge in [0.05, 0.1) is 6.04 Å². The van der Waals surface area contributed by atoms with Crippen molar-refractivity contribution in [2.75, 3.05) is 18.4 Å². The van der Waals surface area contributed by atoms with Crippen molar-refractivity contribution in [3.8, 4) is 0 Å². The Labute approximate surface area is 204 Å². The summed E-state index contributed by atoms with van der Waals surface area (Å²) in [5, 5.41) is 11.0. The molecule has 0 aliphatic carbocycles. The summed E-state index contributed by atoms with van der Waals surface area (Å²) < 4.78 is 4.93. The van der Waals surface area contributed by atoms with Crippen molar-refractivity contribution >= 4 is 35.4 Å². The van der Waals surface area contributed by atoms with Crippen molar-refractivity contribution in [3.05, 3.63) is 29.3 Å². The molecule has 0 saturated heterocycles. The fourth-order valence-corrected chi connectivity index (χ4v) is 3.32. The summed E-state index contributed by atoms with van der Waals surface area (Å²) in [6.07, 6.45) is 0.602. The Bertz CT molecular complexity index is 920. The lowest BCUT2D eigenvalue weighted by Crippen LogP contribution is -2.53. The molecular weight excluding hydrogens is 456 g/mol. The number of hydrogen-bond acceptors (Lipinski definition) is 7. The first kappa shape index (κ1) is 29.4. The van der Waals surface area contributed by atoms with Gasteiger partial charge in [-0.25, -0.2) is 4.79 Å². The predicted octanol–water partition coefficient (Wildman–Crippen LogP) is 0.355. The third kappa shape index (κ3) is 10.4. The molecular formula is C23H36N6O6. The standard InChI is InChI=1S/C23H36N6O6/c1-5-26-19(13(2)3)22(33)29-18(7-6-10-27-23(25)34)21(32)28-16-9-8-15(12-35-14(4)30)17(11-16)20(24)31/h8-9,11,13,18-19,26H,5-7,10,12H2,1-4H3,(H2,24,31)(H,28,32)(H,29,33)(H3,25,27,34)/t18-,19+/m0/s1. The molecule has 194 valence electrons. The summed E-state index contributed by atoms with van der Waals surface area (Å²) in [6.45, 7) is 7.56. The number of amides is 5. The molecule has 0 bridgehead atoms. The van der Waals surface area contributed by atoms with E-state index >= 15 is 0 Å². The number of urea groups is 1. The lowest BCUT2D eigenvalue weighted by molar-refractivity contribution is -0.142. The van der Waals surface area contributed by atoms with Gasteiger partial charge >= 0.3 is 12.0 Å². The minimum atomic E-state index is -0.921. The molecule has 0 saturated carbocycles. The number of primary amides is 2. The van der Waals surface area contributed by atoms with E-state index in [0.29, 0.717) is 18.5 Å². The number of esters is 1. The normalized spacial score (nSPS) is 12.4. The first-order chi connectivity index (χ1) is 16.5. The molecule has 1 rings (SSSR count). The van der Waals surface area contributed by atoms with E-state index in [1.54, 1.807) is 0 Å². The quantitative estimate of drug-likeness (QED) is 0.159. The fourth-order valence-electron chi connectivity index (χ4n) is 3.32. The highest BCUT2D eigenvalue weighted by atomic mass is 16.5. The number of hydrogen-bond donors (Lipinski definition) is 6. The van der Waals surface area contributed by atoms with Crippen molar-refractivity contribution < 1.29 is 28.7 Å². The Morgan fingerprint density at radius 1 is 1.06 bits per heavy atom. The number of likely N-dealkylation sites (N-methyl/N-ethyl adjacent to an activating group) is 1. The molecule has 0 aliphatic rings. The van der Waals surface area contributed by atoms with Gasteiger partial charge in [-0.05, 0) is 37.4 Å². The number of carbonyl (C=O) groups excluding carboxylic acids is 5. The van der Waals surface area contributed by atoms with Crippen LogP contribution < -0.4 is 32.7 Å². The highest BCUT2D eigenvalue weighted by Gasteiger charge is 2.27. The molecule has 2 atom stereocenters. The maximum absolute atomic E-state index is 13.1. The Hall–Kier alpha value is -3.67. The smallest absolute Gasteiger partial charge is 0.312 e. The summed E-state index contributed by atoms with van der Waals surface area (Å²) in [4.78, 5) is 59.8. The second-order valence-corrected chi connectivity index (χ2v) is 8.28. The van der Waals surface area contributed by atoms with Crippen molar-refractivity contribution in [1.29, 1.82) is 0 Å². The van der Waals surface area contributed by atoms with Crippen LogP contribution in [-0.2, 0) is 25.7 Å². The van der Waals surface area contributed by atoms with Crippen LogP contribution in [0.4, 0.5) is 10.5 Å². The average Bonchev–Trinajstić information content (AvgIpc) is 2.77. The monoisotopic (exact) mass is 492 g/mol. The summed E-state index contributed by atoms with van der Waals surface area (Å²) in [5.74, 6) is -2.13. The molecule has 0 radical (unpaired) electrons. The Kier molecular flexibility index (Phi) is 12.2. The molecule has 35 heavy (non-hydrogen) atoms. The van der Waals surface area contributed by atoms with Crippen molar-refractivity contribution in [3.63, 3.8) is 0 Å². The number of benzene rings is 1. The number of ether oxygens (including phenoxy) is 1. The van der Waals surface area contributed by atoms with E-state index in [0.717, 1.165) is 0 Å². The number of nitrogens with two attached hydrogens (primary N) is 2. The van der Waals surface area contributed by atoms with Gasteiger partial charge in [-0.15, -0.1) is 0 Å². The van der Waals surface area contributed by atoms with Crippen LogP contribution in [0.15, 0.2) is 18.2 Å². The molecule has 0 fully saturated rings. The van der Waals surface area contributed by atoms with E-state index in [9.17, 15) is 24.0 Å². The van der Waals surface area contributed by atoms with E-state index in [2.05, 4.69) is 21.3 Å². The van der Waals surface area contributed by atoms with E-state index < -0.39 is 35.9 Å². The average molecular weight is 493 g/mol. The van der Waals surface area contributed by atoms with E-state index in [4.69, 9.17) is 16.2 Å². The molecule has 12 nitrogen and oxygen atoms in total. The number of anilines is 1. The predicted molar refractivity (Wildman–Crippen MR) is 130 cm³/mol. The van der Waals surface area contributed by atoms with Gasteiger partial charge < -0.3 is 37.5 Å². The number of carbonyl (C=O) groups is 5. The molecule has 12 heteroatoms. The molecule has 0 aromatic heterocycles. The summed E-state index contributed by atoms with van der Waals surface area (Å²) in [6, 6.07) is 2.32. The zero-order valence-electron chi connectivity index (χ0n) is 20.6. The first-order valence-electron chi connectivity index (χ1n) is 11.4. The van der Waals surface area contributed by atoms with Crippen LogP contribution in [0.25, 0.3) is 0 Å². The van der Waals surface area contributed by atoms with Crippen LogP contribution in [0.5, 0.6) is 0 Å². The van der Waals surface area contributed by atoms with Crippen LogP contribution >= 0.6 is 0 Å². The molecule has 8 N–H and O–H groups in total. The van der Waals surface area contributed by atoms with Crippen molar-refractivity contribution in [1.82, 2.24) is 16.0 Å². The Morgan fingerprint density at radius 2 is 1.74 bits per heavy atom. The zero-order valence-corrected chi connectivity index (χ0v) is 20.6. The van der Waals surface area contributed by atoms with Gasteiger partial charge in [0.25, 0.3) is 0 Å². The number of rotatable bonds is 14.